The highest BCUT2D eigenvalue weighted by atomic mass is 16.5. The number of carbonyl (C=O) groups excluding carboxylic acids is 1. The van der Waals surface area contributed by atoms with Crippen molar-refractivity contribution in [2.24, 2.45) is 0 Å². The highest BCUT2D eigenvalue weighted by Gasteiger charge is 2.73. The summed E-state index contributed by atoms with van der Waals surface area (Å²) in [6, 6.07) is 12.9. The third-order valence-electron chi connectivity index (χ3n) is 8.60. The predicted octanol–water partition coefficient (Wildman–Crippen LogP) is 2.05. The number of ether oxygens (including phenoxy) is 1. The van der Waals surface area contributed by atoms with Crippen LogP contribution in [0.5, 0.6) is 11.5 Å². The second-order valence-corrected chi connectivity index (χ2v) is 9.97. The predicted molar refractivity (Wildman–Crippen MR) is 123 cm³/mol. The fourth-order valence-corrected chi connectivity index (χ4v) is 7.01. The van der Waals surface area contributed by atoms with Gasteiger partial charge in [-0.25, -0.2) is 0 Å². The Labute approximate surface area is 193 Å². The molecule has 6 nitrogen and oxygen atoms in total. The third-order valence-corrected chi connectivity index (χ3v) is 8.60. The third kappa shape index (κ3) is 2.61. The van der Waals surface area contributed by atoms with E-state index in [1.54, 1.807) is 18.0 Å². The normalized spacial score (nSPS) is 33.4. The molecule has 6 heteroatoms. The molecule has 1 saturated heterocycles. The molecule has 1 saturated carbocycles. The van der Waals surface area contributed by atoms with Crippen LogP contribution in [-0.2, 0) is 16.6 Å². The van der Waals surface area contributed by atoms with E-state index in [9.17, 15) is 15.0 Å². The average Bonchev–Trinajstić information content (AvgIpc) is 3.17. The molecule has 2 aromatic rings. The lowest BCUT2D eigenvalue weighted by Crippen LogP contribution is -2.77. The van der Waals surface area contributed by atoms with Crippen molar-refractivity contribution < 1.29 is 19.7 Å². The Bertz CT molecular complexity index is 1200. The second kappa shape index (κ2) is 6.99. The molecule has 33 heavy (non-hydrogen) atoms. The SMILES string of the molecule is CN1CC[C@]23c4c5ccc(O)c4O[C@H]2[C@@H](N(C)C(=O)C#Cc2ccccc2)CC[C@@]3(O)[C@H]1C5. The summed E-state index contributed by atoms with van der Waals surface area (Å²) < 4.78 is 6.49. The maximum atomic E-state index is 13.1. The zero-order valence-corrected chi connectivity index (χ0v) is 18.9. The Balaban J connectivity index is 1.41. The van der Waals surface area contributed by atoms with Crippen molar-refractivity contribution in [3.63, 3.8) is 0 Å². The van der Waals surface area contributed by atoms with Crippen LogP contribution in [0.4, 0.5) is 0 Å². The van der Waals surface area contributed by atoms with Crippen LogP contribution in [0.1, 0.15) is 36.0 Å². The highest BCUT2D eigenvalue weighted by molar-refractivity contribution is 5.94. The number of likely N-dealkylation sites (tertiary alicyclic amines) is 1. The van der Waals surface area contributed by atoms with Gasteiger partial charge in [0.05, 0.1) is 17.1 Å². The molecular weight excluding hydrogens is 416 g/mol. The summed E-state index contributed by atoms with van der Waals surface area (Å²) in [6.45, 7) is 0.833. The smallest absolute Gasteiger partial charge is 0.298 e. The zero-order chi connectivity index (χ0) is 23.0. The number of rotatable bonds is 1. The van der Waals surface area contributed by atoms with E-state index in [4.69, 9.17) is 4.74 Å². The van der Waals surface area contributed by atoms with E-state index in [1.165, 1.54) is 0 Å². The van der Waals surface area contributed by atoms with Gasteiger partial charge in [-0.05, 0) is 63.0 Å². The van der Waals surface area contributed by atoms with Crippen LogP contribution < -0.4 is 4.74 Å². The van der Waals surface area contributed by atoms with Crippen LogP contribution in [0.15, 0.2) is 42.5 Å². The monoisotopic (exact) mass is 444 g/mol. The molecule has 2 fully saturated rings. The lowest BCUT2D eigenvalue weighted by molar-refractivity contribution is -0.195. The molecule has 5 atom stereocenters. The molecule has 0 radical (unpaired) electrons. The zero-order valence-electron chi connectivity index (χ0n) is 18.9. The van der Waals surface area contributed by atoms with Crippen molar-refractivity contribution in [3.05, 3.63) is 59.2 Å². The van der Waals surface area contributed by atoms with E-state index in [1.807, 2.05) is 36.4 Å². The number of aliphatic hydroxyl groups is 1. The van der Waals surface area contributed by atoms with Crippen molar-refractivity contribution in [1.29, 1.82) is 0 Å². The molecule has 2 bridgehead atoms. The van der Waals surface area contributed by atoms with E-state index in [2.05, 4.69) is 23.8 Å². The topological polar surface area (TPSA) is 73.2 Å². The van der Waals surface area contributed by atoms with Crippen LogP contribution in [0, 0.1) is 11.8 Å². The summed E-state index contributed by atoms with van der Waals surface area (Å²) in [5.41, 5.74) is 1.27. The molecule has 170 valence electrons. The molecule has 0 aromatic heterocycles. The Morgan fingerprint density at radius 2 is 2.00 bits per heavy atom. The van der Waals surface area contributed by atoms with Gasteiger partial charge >= 0.3 is 0 Å². The number of aromatic hydroxyl groups is 1. The summed E-state index contributed by atoms with van der Waals surface area (Å²) in [5, 5.41) is 22.9. The first kappa shape index (κ1) is 20.6. The molecule has 1 spiro atoms. The van der Waals surface area contributed by atoms with E-state index in [0.29, 0.717) is 18.6 Å². The van der Waals surface area contributed by atoms with Gasteiger partial charge in [0.15, 0.2) is 11.5 Å². The molecule has 6 rings (SSSR count). The van der Waals surface area contributed by atoms with Crippen molar-refractivity contribution in [3.8, 4) is 23.3 Å². The summed E-state index contributed by atoms with van der Waals surface area (Å²) in [5.74, 6) is 6.06. The summed E-state index contributed by atoms with van der Waals surface area (Å²) in [6.07, 6.45) is 2.22. The summed E-state index contributed by atoms with van der Waals surface area (Å²) in [4.78, 5) is 17.0. The Morgan fingerprint density at radius 3 is 2.79 bits per heavy atom. The molecule has 2 aliphatic carbocycles. The maximum absolute atomic E-state index is 13.1. The fraction of sp³-hybridized carbons (Fsp3) is 0.444. The van der Waals surface area contributed by atoms with Crippen LogP contribution in [0.2, 0.25) is 0 Å². The lowest BCUT2D eigenvalue weighted by Gasteiger charge is -2.64. The number of carbonyl (C=O) groups is 1. The van der Waals surface area contributed by atoms with Crippen molar-refractivity contribution >= 4 is 5.91 Å². The van der Waals surface area contributed by atoms with Crippen LogP contribution >= 0.6 is 0 Å². The number of phenols is 1. The van der Waals surface area contributed by atoms with E-state index in [0.717, 1.165) is 36.1 Å². The van der Waals surface area contributed by atoms with Gasteiger partial charge in [-0.15, -0.1) is 0 Å². The first-order chi connectivity index (χ1) is 15.9. The van der Waals surface area contributed by atoms with Crippen LogP contribution in [0.25, 0.3) is 0 Å². The quantitative estimate of drug-likeness (QED) is 0.659. The fourth-order valence-electron chi connectivity index (χ4n) is 7.01. The number of likely N-dealkylation sites (N-methyl/N-ethyl adjacent to an activating group) is 2. The number of phenolic OH excluding ortho intramolecular Hbond substituents is 1. The number of hydrogen-bond acceptors (Lipinski definition) is 5. The largest absolute Gasteiger partial charge is 0.504 e. The minimum Gasteiger partial charge on any atom is -0.504 e. The number of amides is 1. The van der Waals surface area contributed by atoms with E-state index in [-0.39, 0.29) is 23.7 Å². The number of hydrogen-bond donors (Lipinski definition) is 2. The van der Waals surface area contributed by atoms with E-state index >= 15 is 0 Å². The van der Waals surface area contributed by atoms with E-state index < -0.39 is 17.1 Å². The first-order valence-electron chi connectivity index (χ1n) is 11.7. The molecule has 2 heterocycles. The van der Waals surface area contributed by atoms with Crippen molar-refractivity contribution in [1.82, 2.24) is 9.80 Å². The van der Waals surface area contributed by atoms with Gasteiger partial charge in [0, 0.05) is 30.1 Å². The van der Waals surface area contributed by atoms with Crippen LogP contribution in [0.3, 0.4) is 0 Å². The van der Waals surface area contributed by atoms with Gasteiger partial charge in [-0.2, -0.15) is 0 Å². The minimum absolute atomic E-state index is 0.0137. The second-order valence-electron chi connectivity index (χ2n) is 9.97. The molecule has 2 N–H and O–H groups in total. The molecular formula is C27H28N2O4. The summed E-state index contributed by atoms with van der Waals surface area (Å²) in [7, 11) is 3.85. The molecule has 4 aliphatic rings. The Kier molecular flexibility index (Phi) is 4.36. The van der Waals surface area contributed by atoms with Gasteiger partial charge in [0.25, 0.3) is 5.91 Å². The molecule has 1 amide bonds. The Hall–Kier alpha value is -3.01. The average molecular weight is 445 g/mol. The molecule has 0 unspecified atom stereocenters. The lowest BCUT2D eigenvalue weighted by atomic mass is 9.48. The molecule has 2 aromatic carbocycles. The number of benzene rings is 2. The first-order valence-corrected chi connectivity index (χ1v) is 11.7. The van der Waals surface area contributed by atoms with Crippen molar-refractivity contribution in [2.75, 3.05) is 20.6 Å². The number of nitrogens with zero attached hydrogens (tertiary/aromatic N) is 2. The Morgan fingerprint density at radius 1 is 1.21 bits per heavy atom. The van der Waals surface area contributed by atoms with Crippen molar-refractivity contribution in [2.45, 2.75) is 54.9 Å². The molecule has 2 aliphatic heterocycles. The highest BCUT2D eigenvalue weighted by Crippen LogP contribution is 2.65. The number of piperidine rings is 1. The van der Waals surface area contributed by atoms with Gasteiger partial charge in [-0.3, -0.25) is 4.79 Å². The van der Waals surface area contributed by atoms with Gasteiger partial charge in [-0.1, -0.05) is 30.2 Å². The van der Waals surface area contributed by atoms with Gasteiger partial charge < -0.3 is 24.7 Å². The standard InChI is InChI=1S/C27H28N2O4/c1-28-15-14-26-23-18-9-10-20(30)24(23)33-25(26)19(12-13-27(26,32)21(28)16-18)29(2)22(31)11-8-17-6-4-3-5-7-17/h3-7,9-10,19,21,25,30,32H,12-16H2,1-2H3/t19-,21+,25-,26-,27+/m0/s1. The summed E-state index contributed by atoms with van der Waals surface area (Å²) >= 11 is 0. The van der Waals surface area contributed by atoms with Gasteiger partial charge in [0.2, 0.25) is 0 Å². The maximum Gasteiger partial charge on any atom is 0.298 e. The minimum atomic E-state index is -0.965. The van der Waals surface area contributed by atoms with Crippen LogP contribution in [-0.4, -0.2) is 70.3 Å². The van der Waals surface area contributed by atoms with Gasteiger partial charge in [0.1, 0.15) is 6.10 Å².